The zero-order chi connectivity index (χ0) is 13.2. The molecule has 0 spiro atoms. The van der Waals surface area contributed by atoms with Gasteiger partial charge in [0.25, 0.3) is 0 Å². The highest BCUT2D eigenvalue weighted by molar-refractivity contribution is 5.83. The third-order valence-corrected chi connectivity index (χ3v) is 3.91. The molecule has 0 aliphatic carbocycles. The van der Waals surface area contributed by atoms with Crippen molar-refractivity contribution in [3.8, 4) is 0 Å². The van der Waals surface area contributed by atoms with E-state index in [-0.39, 0.29) is 6.17 Å². The minimum atomic E-state index is 0.00723. The van der Waals surface area contributed by atoms with E-state index in [1.165, 1.54) is 21.9 Å². The van der Waals surface area contributed by atoms with Crippen molar-refractivity contribution in [3.63, 3.8) is 0 Å². The largest absolute Gasteiger partial charge is 0.314 e. The van der Waals surface area contributed by atoms with Crippen LogP contribution in [0, 0.1) is 6.92 Å². The molecule has 100 valence electrons. The molecule has 0 bridgehead atoms. The van der Waals surface area contributed by atoms with Crippen molar-refractivity contribution in [1.82, 2.24) is 10.2 Å². The van der Waals surface area contributed by atoms with Gasteiger partial charge in [0.2, 0.25) is 0 Å². The van der Waals surface area contributed by atoms with Crippen LogP contribution >= 0.6 is 0 Å². The van der Waals surface area contributed by atoms with Gasteiger partial charge < -0.3 is 11.1 Å². The molecule has 1 saturated heterocycles. The van der Waals surface area contributed by atoms with E-state index < -0.39 is 0 Å². The topological polar surface area (TPSA) is 41.3 Å². The first-order chi connectivity index (χ1) is 9.24. The second kappa shape index (κ2) is 5.29. The van der Waals surface area contributed by atoms with Gasteiger partial charge in [-0.15, -0.1) is 0 Å². The van der Waals surface area contributed by atoms with Crippen LogP contribution in [0.15, 0.2) is 36.4 Å². The lowest BCUT2D eigenvalue weighted by molar-refractivity contribution is 0.177. The minimum Gasteiger partial charge on any atom is -0.314 e. The molecule has 19 heavy (non-hydrogen) atoms. The van der Waals surface area contributed by atoms with Crippen molar-refractivity contribution in [1.29, 1.82) is 0 Å². The molecule has 1 fully saturated rings. The van der Waals surface area contributed by atoms with Crippen LogP contribution in [0.2, 0.25) is 0 Å². The average molecular weight is 255 g/mol. The van der Waals surface area contributed by atoms with Crippen molar-refractivity contribution < 1.29 is 0 Å². The predicted octanol–water partition coefficient (Wildman–Crippen LogP) is 2.01. The lowest BCUT2D eigenvalue weighted by atomic mass is 10.0. The molecule has 3 nitrogen and oxygen atoms in total. The summed E-state index contributed by atoms with van der Waals surface area (Å²) in [4.78, 5) is 2.34. The fraction of sp³-hybridized carbons (Fsp3) is 0.375. The van der Waals surface area contributed by atoms with Crippen LogP contribution in [-0.2, 0) is 0 Å². The second-order valence-corrected chi connectivity index (χ2v) is 5.34. The Labute approximate surface area is 114 Å². The van der Waals surface area contributed by atoms with Gasteiger partial charge in [-0.05, 0) is 29.3 Å². The van der Waals surface area contributed by atoms with Gasteiger partial charge in [-0.1, -0.05) is 35.9 Å². The van der Waals surface area contributed by atoms with E-state index in [1.807, 2.05) is 0 Å². The smallest absolute Gasteiger partial charge is 0.0836 e. The molecule has 0 radical (unpaired) electrons. The van der Waals surface area contributed by atoms with Crippen LogP contribution in [0.25, 0.3) is 10.8 Å². The molecule has 2 aromatic rings. The molecule has 3 N–H and O–H groups in total. The van der Waals surface area contributed by atoms with Crippen molar-refractivity contribution in [2.75, 3.05) is 26.2 Å². The first kappa shape index (κ1) is 12.6. The van der Waals surface area contributed by atoms with Gasteiger partial charge in [0.1, 0.15) is 0 Å². The van der Waals surface area contributed by atoms with Gasteiger partial charge in [0.15, 0.2) is 0 Å². The van der Waals surface area contributed by atoms with E-state index in [0.29, 0.717) is 0 Å². The number of fused-ring (bicyclic) bond motifs is 1. The molecule has 1 aliphatic rings. The van der Waals surface area contributed by atoms with Crippen LogP contribution < -0.4 is 11.1 Å². The van der Waals surface area contributed by atoms with Crippen molar-refractivity contribution >= 4 is 10.8 Å². The summed E-state index contributed by atoms with van der Waals surface area (Å²) in [7, 11) is 0. The Hall–Kier alpha value is -1.42. The Bertz CT molecular complexity index is 573. The van der Waals surface area contributed by atoms with Crippen LogP contribution in [0.1, 0.15) is 17.3 Å². The van der Waals surface area contributed by atoms with E-state index in [1.54, 1.807) is 0 Å². The summed E-state index contributed by atoms with van der Waals surface area (Å²) < 4.78 is 0. The Kier molecular flexibility index (Phi) is 3.51. The first-order valence-corrected chi connectivity index (χ1v) is 6.95. The highest BCUT2D eigenvalue weighted by Crippen LogP contribution is 2.22. The van der Waals surface area contributed by atoms with Crippen molar-refractivity contribution in [2.24, 2.45) is 5.73 Å². The molecule has 0 amide bonds. The number of piperazine rings is 1. The van der Waals surface area contributed by atoms with Gasteiger partial charge >= 0.3 is 0 Å². The van der Waals surface area contributed by atoms with E-state index in [0.717, 1.165) is 26.2 Å². The summed E-state index contributed by atoms with van der Waals surface area (Å²) in [5.74, 6) is 0. The third kappa shape index (κ3) is 2.63. The molecule has 3 rings (SSSR count). The number of rotatable bonds is 2. The monoisotopic (exact) mass is 255 g/mol. The fourth-order valence-corrected chi connectivity index (χ4v) is 2.74. The number of nitrogens with zero attached hydrogens (tertiary/aromatic N) is 1. The fourth-order valence-electron chi connectivity index (χ4n) is 2.74. The zero-order valence-electron chi connectivity index (χ0n) is 11.4. The Morgan fingerprint density at radius 3 is 2.53 bits per heavy atom. The Morgan fingerprint density at radius 1 is 1.05 bits per heavy atom. The normalized spacial score (nSPS) is 18.6. The van der Waals surface area contributed by atoms with Gasteiger partial charge in [-0.2, -0.15) is 0 Å². The van der Waals surface area contributed by atoms with Crippen molar-refractivity contribution in [3.05, 3.63) is 47.5 Å². The van der Waals surface area contributed by atoms with Crippen LogP contribution in [0.5, 0.6) is 0 Å². The SMILES string of the molecule is Cc1ccc2cc(C(N)N3CCNCC3)ccc2c1. The quantitative estimate of drug-likeness (QED) is 0.862. The maximum atomic E-state index is 6.39. The number of benzene rings is 2. The number of nitrogens with two attached hydrogens (primary N) is 1. The highest BCUT2D eigenvalue weighted by atomic mass is 15.3. The molecular formula is C16H21N3. The summed E-state index contributed by atoms with van der Waals surface area (Å²) >= 11 is 0. The van der Waals surface area contributed by atoms with E-state index in [4.69, 9.17) is 5.73 Å². The summed E-state index contributed by atoms with van der Waals surface area (Å²) in [6.07, 6.45) is 0.00723. The minimum absolute atomic E-state index is 0.00723. The summed E-state index contributed by atoms with van der Waals surface area (Å²) in [5.41, 5.74) is 8.89. The lowest BCUT2D eigenvalue weighted by Gasteiger charge is -2.32. The average Bonchev–Trinajstić information content (AvgIpc) is 2.47. The third-order valence-electron chi connectivity index (χ3n) is 3.91. The maximum absolute atomic E-state index is 6.39. The zero-order valence-corrected chi connectivity index (χ0v) is 11.4. The van der Waals surface area contributed by atoms with E-state index in [2.05, 4.69) is 53.5 Å². The van der Waals surface area contributed by atoms with Gasteiger partial charge in [0, 0.05) is 26.2 Å². The molecule has 1 heterocycles. The van der Waals surface area contributed by atoms with E-state index in [9.17, 15) is 0 Å². The van der Waals surface area contributed by atoms with E-state index >= 15 is 0 Å². The van der Waals surface area contributed by atoms with Crippen LogP contribution in [0.3, 0.4) is 0 Å². The molecular weight excluding hydrogens is 234 g/mol. The van der Waals surface area contributed by atoms with Crippen molar-refractivity contribution in [2.45, 2.75) is 13.1 Å². The Morgan fingerprint density at radius 2 is 1.74 bits per heavy atom. The van der Waals surface area contributed by atoms with Crippen LogP contribution in [0.4, 0.5) is 0 Å². The summed E-state index contributed by atoms with van der Waals surface area (Å²) in [6, 6.07) is 13.1. The number of hydrogen-bond acceptors (Lipinski definition) is 3. The number of hydrogen-bond donors (Lipinski definition) is 2. The number of nitrogens with one attached hydrogen (secondary N) is 1. The number of aryl methyl sites for hydroxylation is 1. The van der Waals surface area contributed by atoms with Gasteiger partial charge in [-0.25, -0.2) is 0 Å². The maximum Gasteiger partial charge on any atom is 0.0836 e. The predicted molar refractivity (Wildman–Crippen MR) is 80.1 cm³/mol. The summed E-state index contributed by atoms with van der Waals surface area (Å²) in [6.45, 7) is 6.22. The summed E-state index contributed by atoms with van der Waals surface area (Å²) in [5, 5.41) is 5.92. The lowest BCUT2D eigenvalue weighted by Crippen LogP contribution is -2.47. The highest BCUT2D eigenvalue weighted by Gasteiger charge is 2.18. The van der Waals surface area contributed by atoms with Gasteiger partial charge in [-0.3, -0.25) is 4.90 Å². The molecule has 0 saturated carbocycles. The van der Waals surface area contributed by atoms with Gasteiger partial charge in [0.05, 0.1) is 6.17 Å². The standard InChI is InChI=1S/C16H21N3/c1-12-2-3-14-11-15(5-4-13(14)10-12)16(17)19-8-6-18-7-9-19/h2-5,10-11,16,18H,6-9,17H2,1H3. The molecule has 2 aromatic carbocycles. The second-order valence-electron chi connectivity index (χ2n) is 5.34. The molecule has 1 aliphatic heterocycles. The molecule has 3 heteroatoms. The first-order valence-electron chi connectivity index (χ1n) is 6.95. The molecule has 0 aromatic heterocycles. The molecule has 1 unspecified atom stereocenters. The molecule has 1 atom stereocenters. The Balaban J connectivity index is 1.89. The van der Waals surface area contributed by atoms with Crippen LogP contribution in [-0.4, -0.2) is 31.1 Å².